The molecule has 3 amide bonds. The van der Waals surface area contributed by atoms with Crippen LogP contribution < -0.4 is 20.1 Å². The number of nitrogens with one attached hydrogen (secondary N) is 2. The van der Waals surface area contributed by atoms with Gasteiger partial charge in [-0.25, -0.2) is 4.79 Å². The fourth-order valence-electron chi connectivity index (χ4n) is 2.78. The topological polar surface area (TPSA) is 107 Å². The van der Waals surface area contributed by atoms with Crippen molar-refractivity contribution in [1.29, 1.82) is 0 Å². The van der Waals surface area contributed by atoms with Gasteiger partial charge in [0.05, 0.1) is 19.0 Å². The van der Waals surface area contributed by atoms with Crippen LogP contribution in [0.4, 0.5) is 10.5 Å². The highest BCUT2D eigenvalue weighted by Crippen LogP contribution is 2.32. The van der Waals surface area contributed by atoms with Crippen molar-refractivity contribution in [2.75, 3.05) is 24.3 Å². The number of ether oxygens (including phenoxy) is 2. The van der Waals surface area contributed by atoms with Crippen molar-refractivity contribution in [3.05, 3.63) is 54.9 Å². The minimum Gasteiger partial charge on any atom is -0.490 e. The van der Waals surface area contributed by atoms with Crippen LogP contribution in [0.5, 0.6) is 11.5 Å². The van der Waals surface area contributed by atoms with E-state index in [1.165, 1.54) is 11.8 Å². The van der Waals surface area contributed by atoms with Crippen molar-refractivity contribution in [3.63, 3.8) is 0 Å². The molecule has 0 spiro atoms. The summed E-state index contributed by atoms with van der Waals surface area (Å²) < 4.78 is 12.9. The molecular weight excluding hydrogens is 406 g/mol. The average Bonchev–Trinajstić information content (AvgIpc) is 3.10. The van der Waals surface area contributed by atoms with Crippen LogP contribution in [-0.4, -0.2) is 45.7 Å². The number of para-hydroxylation sites is 1. The zero-order valence-corrected chi connectivity index (χ0v) is 16.7. The lowest BCUT2D eigenvalue weighted by Crippen LogP contribution is -2.35. The molecule has 0 atom stereocenters. The van der Waals surface area contributed by atoms with Gasteiger partial charge in [-0.3, -0.25) is 14.7 Å². The van der Waals surface area contributed by atoms with E-state index < -0.39 is 11.9 Å². The lowest BCUT2D eigenvalue weighted by molar-refractivity contribution is -0.117. The molecule has 1 aromatic heterocycles. The third kappa shape index (κ3) is 4.90. The third-order valence-electron chi connectivity index (χ3n) is 4.14. The quantitative estimate of drug-likeness (QED) is 0.605. The zero-order chi connectivity index (χ0) is 20.8. The first-order valence-electron chi connectivity index (χ1n) is 9.28. The molecule has 2 N–H and O–H groups in total. The fourth-order valence-corrected chi connectivity index (χ4v) is 3.51. The number of urea groups is 1. The summed E-state index contributed by atoms with van der Waals surface area (Å²) in [4.78, 5) is 24.3. The Morgan fingerprint density at radius 1 is 1.07 bits per heavy atom. The second kappa shape index (κ2) is 9.31. The molecule has 0 fully saturated rings. The molecule has 0 aliphatic carbocycles. The minimum atomic E-state index is -0.625. The smallest absolute Gasteiger partial charge is 0.325 e. The summed E-state index contributed by atoms with van der Waals surface area (Å²) in [5.74, 6) is 0.760. The van der Waals surface area contributed by atoms with Crippen LogP contribution in [0.2, 0.25) is 0 Å². The van der Waals surface area contributed by atoms with Gasteiger partial charge < -0.3 is 14.8 Å². The molecule has 1 aliphatic rings. The number of nitrogens with zero attached hydrogens (tertiary/aromatic N) is 3. The van der Waals surface area contributed by atoms with Gasteiger partial charge in [-0.05, 0) is 24.3 Å². The second-order valence-corrected chi connectivity index (χ2v) is 7.26. The van der Waals surface area contributed by atoms with Crippen molar-refractivity contribution in [1.82, 2.24) is 20.1 Å². The fraction of sp³-hybridized carbons (Fsp3) is 0.200. The number of fused-ring (bicyclic) bond motifs is 1. The number of carbonyl (C=O) groups excluding carboxylic acids is 2. The molecule has 4 rings (SSSR count). The molecule has 1 aliphatic heterocycles. The van der Waals surface area contributed by atoms with E-state index in [1.54, 1.807) is 29.1 Å². The van der Waals surface area contributed by atoms with Crippen molar-refractivity contribution in [3.8, 4) is 17.2 Å². The first kappa shape index (κ1) is 19.8. The SMILES string of the molecule is O=C(CSc1nncn1-c1ccccc1)NC(=O)Nc1ccc2c(c1)OCCCO2. The summed E-state index contributed by atoms with van der Waals surface area (Å²) in [7, 11) is 0. The number of aromatic nitrogens is 3. The Kier molecular flexibility index (Phi) is 6.14. The molecule has 0 unspecified atom stereocenters. The highest BCUT2D eigenvalue weighted by atomic mass is 32.2. The van der Waals surface area contributed by atoms with Crippen molar-refractivity contribution < 1.29 is 19.1 Å². The van der Waals surface area contributed by atoms with Crippen LogP contribution in [-0.2, 0) is 4.79 Å². The molecule has 0 bridgehead atoms. The maximum atomic E-state index is 12.2. The Morgan fingerprint density at radius 2 is 1.87 bits per heavy atom. The first-order valence-corrected chi connectivity index (χ1v) is 10.3. The number of imide groups is 1. The number of anilines is 1. The molecule has 154 valence electrons. The molecule has 30 heavy (non-hydrogen) atoms. The average molecular weight is 425 g/mol. The number of amides is 3. The van der Waals surface area contributed by atoms with E-state index in [-0.39, 0.29) is 5.75 Å². The van der Waals surface area contributed by atoms with Gasteiger partial charge in [-0.15, -0.1) is 10.2 Å². The molecule has 9 nitrogen and oxygen atoms in total. The van der Waals surface area contributed by atoms with Crippen LogP contribution in [0.1, 0.15) is 6.42 Å². The predicted octanol–water partition coefficient (Wildman–Crippen LogP) is 2.87. The van der Waals surface area contributed by atoms with Gasteiger partial charge in [-0.2, -0.15) is 0 Å². The van der Waals surface area contributed by atoms with Crippen molar-refractivity contribution >= 4 is 29.4 Å². The third-order valence-corrected chi connectivity index (χ3v) is 5.08. The van der Waals surface area contributed by atoms with E-state index in [0.29, 0.717) is 35.6 Å². The van der Waals surface area contributed by atoms with Gasteiger partial charge in [0.1, 0.15) is 6.33 Å². The minimum absolute atomic E-state index is 0.0140. The van der Waals surface area contributed by atoms with Gasteiger partial charge in [-0.1, -0.05) is 30.0 Å². The van der Waals surface area contributed by atoms with E-state index >= 15 is 0 Å². The normalized spacial score (nSPS) is 12.7. The van der Waals surface area contributed by atoms with E-state index in [1.807, 2.05) is 30.3 Å². The highest BCUT2D eigenvalue weighted by Gasteiger charge is 2.14. The molecule has 0 radical (unpaired) electrons. The van der Waals surface area contributed by atoms with Gasteiger partial charge in [0, 0.05) is 23.9 Å². The number of thioether (sulfide) groups is 1. The van der Waals surface area contributed by atoms with Crippen LogP contribution in [0.25, 0.3) is 5.69 Å². The molecule has 2 aromatic carbocycles. The molecule has 0 saturated heterocycles. The molecule has 2 heterocycles. The Bertz CT molecular complexity index is 1040. The van der Waals surface area contributed by atoms with Crippen LogP contribution >= 0.6 is 11.8 Å². The highest BCUT2D eigenvalue weighted by molar-refractivity contribution is 7.99. The lowest BCUT2D eigenvalue weighted by Gasteiger charge is -2.11. The van der Waals surface area contributed by atoms with Crippen LogP contribution in [0, 0.1) is 0 Å². The summed E-state index contributed by atoms with van der Waals surface area (Å²) in [5, 5.41) is 13.4. The maximum Gasteiger partial charge on any atom is 0.325 e. The lowest BCUT2D eigenvalue weighted by atomic mass is 10.3. The first-order chi connectivity index (χ1) is 14.7. The Hall–Kier alpha value is -3.53. The number of benzene rings is 2. The summed E-state index contributed by atoms with van der Waals surface area (Å²) in [5.41, 5.74) is 1.39. The second-order valence-electron chi connectivity index (χ2n) is 6.32. The van der Waals surface area contributed by atoms with Gasteiger partial charge in [0.25, 0.3) is 0 Å². The number of rotatable bonds is 5. The Balaban J connectivity index is 1.30. The molecule has 10 heteroatoms. The van der Waals surface area contributed by atoms with Crippen LogP contribution in [0.15, 0.2) is 60.0 Å². The van der Waals surface area contributed by atoms with Gasteiger partial charge in [0.2, 0.25) is 5.91 Å². The molecule has 3 aromatic rings. The summed E-state index contributed by atoms with van der Waals surface area (Å²) in [6.07, 6.45) is 2.37. The van der Waals surface area contributed by atoms with E-state index in [9.17, 15) is 9.59 Å². The summed E-state index contributed by atoms with van der Waals surface area (Å²) in [6, 6.07) is 14.0. The predicted molar refractivity (Wildman–Crippen MR) is 111 cm³/mol. The van der Waals surface area contributed by atoms with Crippen molar-refractivity contribution in [2.45, 2.75) is 11.6 Å². The maximum absolute atomic E-state index is 12.2. The summed E-state index contributed by atoms with van der Waals surface area (Å²) >= 11 is 1.19. The Morgan fingerprint density at radius 3 is 2.70 bits per heavy atom. The van der Waals surface area contributed by atoms with Gasteiger partial charge in [0.15, 0.2) is 16.7 Å². The molecule has 0 saturated carbocycles. The zero-order valence-electron chi connectivity index (χ0n) is 15.9. The van der Waals surface area contributed by atoms with E-state index in [2.05, 4.69) is 20.8 Å². The number of hydrogen-bond donors (Lipinski definition) is 2. The molecular formula is C20H19N5O4S. The summed E-state index contributed by atoms with van der Waals surface area (Å²) in [6.45, 7) is 1.14. The van der Waals surface area contributed by atoms with Crippen LogP contribution in [0.3, 0.4) is 0 Å². The Labute approximate surface area is 176 Å². The standard InChI is InChI=1S/C20H19N5O4S/c26-18(12-30-20-24-21-13-25(20)15-5-2-1-3-6-15)23-19(27)22-14-7-8-16-17(11-14)29-10-4-9-28-16/h1-3,5-8,11,13H,4,9-10,12H2,(H2,22,23,26,27). The number of carbonyl (C=O) groups is 2. The van der Waals surface area contributed by atoms with E-state index in [0.717, 1.165) is 12.1 Å². The monoisotopic (exact) mass is 425 g/mol. The van der Waals surface area contributed by atoms with E-state index in [4.69, 9.17) is 9.47 Å². The number of hydrogen-bond acceptors (Lipinski definition) is 7. The largest absolute Gasteiger partial charge is 0.490 e. The van der Waals surface area contributed by atoms with Gasteiger partial charge >= 0.3 is 6.03 Å². The van der Waals surface area contributed by atoms with Crippen molar-refractivity contribution in [2.24, 2.45) is 0 Å².